The van der Waals surface area contributed by atoms with Crippen LogP contribution in [0.5, 0.6) is 0 Å². The zero-order valence-electron chi connectivity index (χ0n) is 18.6. The quantitative estimate of drug-likeness (QED) is 0.202. The number of hydrogen-bond acceptors (Lipinski definition) is 0. The summed E-state index contributed by atoms with van der Waals surface area (Å²) in [6.07, 6.45) is 2.63. The van der Waals surface area contributed by atoms with Crippen molar-refractivity contribution in [1.82, 2.24) is 0 Å². The average Bonchev–Trinajstić information content (AvgIpc) is 2.70. The summed E-state index contributed by atoms with van der Waals surface area (Å²) in [5.41, 5.74) is 1.40. The molecule has 0 unspecified atom stereocenters. The minimum absolute atomic E-state index is 0. The van der Waals surface area contributed by atoms with Gasteiger partial charge in [0.05, 0.1) is 0 Å². The molecule has 0 fully saturated rings. The first kappa shape index (κ1) is 33.1. The predicted octanol–water partition coefficient (Wildman–Crippen LogP) is 2.16. The van der Waals surface area contributed by atoms with Crippen LogP contribution in [0.1, 0.15) is 38.8 Å². The first-order chi connectivity index (χ1) is 14.2. The SMILES string of the molecule is CC(=[OH+])[CH-]C(=[OH+])c1ccccc1.CC(=[OH+])[CH-]C(=[OH+])c1ccccc1.CC[OH2+].CC[OH2+].[Ti]. The van der Waals surface area contributed by atoms with Gasteiger partial charge in [-0.05, 0) is 12.8 Å². The van der Waals surface area contributed by atoms with Crippen molar-refractivity contribution >= 4 is 23.1 Å². The van der Waals surface area contributed by atoms with Crippen LogP contribution in [0.2, 0.25) is 0 Å². The first-order valence-corrected chi connectivity index (χ1v) is 9.49. The van der Waals surface area contributed by atoms with Crippen molar-refractivity contribution < 1.29 is 51.1 Å². The van der Waals surface area contributed by atoms with Gasteiger partial charge in [0.25, 0.3) is 0 Å². The molecule has 31 heavy (non-hydrogen) atoms. The number of carbonyl (C=O) groups excluding carboxylic acids is 4. The van der Waals surface area contributed by atoms with Gasteiger partial charge >= 0.3 is 0 Å². The van der Waals surface area contributed by atoms with E-state index in [-0.39, 0.29) is 44.9 Å². The maximum absolute atomic E-state index is 9.37. The molecular weight excluding hydrogens is 432 g/mol. The zero-order chi connectivity index (χ0) is 23.4. The summed E-state index contributed by atoms with van der Waals surface area (Å²) in [5.74, 6) is 0.346. The van der Waals surface area contributed by atoms with Gasteiger partial charge in [-0.15, -0.1) is 24.3 Å². The predicted molar refractivity (Wildman–Crippen MR) is 127 cm³/mol. The van der Waals surface area contributed by atoms with Crippen molar-refractivity contribution in [3.63, 3.8) is 0 Å². The van der Waals surface area contributed by atoms with Gasteiger partial charge in [-0.2, -0.15) is 0 Å². The van der Waals surface area contributed by atoms with Crippen LogP contribution in [-0.4, -0.2) is 65.7 Å². The summed E-state index contributed by atoms with van der Waals surface area (Å²) in [4.78, 5) is 36.5. The molecule has 0 saturated carbocycles. The van der Waals surface area contributed by atoms with E-state index in [4.69, 9.17) is 19.8 Å². The molecule has 0 heterocycles. The van der Waals surface area contributed by atoms with Crippen molar-refractivity contribution in [3.05, 3.63) is 84.6 Å². The zero-order valence-corrected chi connectivity index (χ0v) is 20.2. The maximum Gasteiger partial charge on any atom is 0.247 e. The van der Waals surface area contributed by atoms with Crippen LogP contribution in [0, 0.1) is 12.8 Å². The molecule has 2 rings (SSSR count). The molecule has 7 heteroatoms. The molecule has 2 aromatic rings. The summed E-state index contributed by atoms with van der Waals surface area (Å²) in [6.45, 7) is 7.61. The second-order valence-electron chi connectivity index (χ2n) is 5.78. The second-order valence-corrected chi connectivity index (χ2v) is 5.78. The summed E-state index contributed by atoms with van der Waals surface area (Å²) in [5, 5.41) is 12.4. The van der Waals surface area contributed by atoms with Crippen LogP contribution in [0.3, 0.4) is 0 Å². The smallest absolute Gasteiger partial charge is 0.247 e. The van der Waals surface area contributed by atoms with E-state index in [1.165, 1.54) is 26.7 Å². The molecule has 0 spiro atoms. The number of benzene rings is 2. The van der Waals surface area contributed by atoms with E-state index in [9.17, 15) is 9.59 Å². The Balaban J connectivity index is -0.000000394. The average molecular weight is 468 g/mol. The molecule has 0 radical (unpaired) electrons. The van der Waals surface area contributed by atoms with Crippen LogP contribution in [0.25, 0.3) is 0 Å². The summed E-state index contributed by atoms with van der Waals surface area (Å²) >= 11 is 0. The third-order valence-corrected chi connectivity index (χ3v) is 2.83. The topological polar surface area (TPSA) is 131 Å². The van der Waals surface area contributed by atoms with Crippen LogP contribution >= 0.6 is 0 Å². The van der Waals surface area contributed by atoms with Crippen LogP contribution in [-0.2, 0) is 21.7 Å². The molecule has 0 aliphatic heterocycles. The van der Waals surface area contributed by atoms with Crippen molar-refractivity contribution in [1.29, 1.82) is 0 Å². The van der Waals surface area contributed by atoms with Gasteiger partial charge in [0.15, 0.2) is 0 Å². The Labute approximate surface area is 199 Å². The molecule has 168 valence electrons. The third kappa shape index (κ3) is 20.5. The van der Waals surface area contributed by atoms with Crippen LogP contribution in [0.4, 0.5) is 0 Å². The Hall–Kier alpha value is -2.51. The summed E-state index contributed by atoms with van der Waals surface area (Å²) < 4.78 is 0. The van der Waals surface area contributed by atoms with Gasteiger partial charge < -0.3 is 19.8 Å². The Morgan fingerprint density at radius 1 is 0.645 bits per heavy atom. The van der Waals surface area contributed by atoms with E-state index in [2.05, 4.69) is 0 Å². The maximum atomic E-state index is 9.37. The van der Waals surface area contributed by atoms with Crippen molar-refractivity contribution in [2.75, 3.05) is 13.2 Å². The van der Waals surface area contributed by atoms with E-state index in [0.717, 1.165) is 0 Å². The Morgan fingerprint density at radius 3 is 1.06 bits per heavy atom. The van der Waals surface area contributed by atoms with Gasteiger partial charge in [-0.1, -0.05) is 47.5 Å². The fourth-order valence-corrected chi connectivity index (χ4v) is 1.78. The van der Waals surface area contributed by atoms with Crippen molar-refractivity contribution in [3.8, 4) is 0 Å². The summed E-state index contributed by atoms with van der Waals surface area (Å²) in [7, 11) is 0. The molecule has 6 nitrogen and oxygen atoms in total. The molecule has 2 aromatic carbocycles. The standard InChI is InChI=1S/2C10H9O2.2C2H6O.Ti/c2*1-8(11)7-10(12)9-5-3-2-4-6-9;2*1-2-3;/h2*2-7H,1H3;2*3H,2H2,1H3;/q2*-1;;;/p+6. The van der Waals surface area contributed by atoms with Crippen molar-refractivity contribution in [2.24, 2.45) is 0 Å². The molecule has 0 aromatic heterocycles. The molecule has 0 atom stereocenters. The van der Waals surface area contributed by atoms with E-state index < -0.39 is 0 Å². The van der Waals surface area contributed by atoms with E-state index in [0.29, 0.717) is 24.3 Å². The fraction of sp³-hybridized carbons (Fsp3) is 0.250. The monoisotopic (exact) mass is 468 g/mol. The van der Waals surface area contributed by atoms with Gasteiger partial charge in [-0.3, -0.25) is 9.59 Å². The molecular formula is C24H36O6Ti+4. The second kappa shape index (κ2) is 22.2. The Bertz CT molecular complexity index is 680. The van der Waals surface area contributed by atoms with E-state index in [1.54, 1.807) is 38.1 Å². The number of hydrogen-bond donors (Lipinski definition) is 0. The third-order valence-electron chi connectivity index (χ3n) is 2.83. The Kier molecular flexibility index (Phi) is 23.7. The van der Waals surface area contributed by atoms with Gasteiger partial charge in [0.2, 0.25) is 23.1 Å². The van der Waals surface area contributed by atoms with E-state index in [1.807, 2.05) is 36.4 Å². The van der Waals surface area contributed by atoms with Crippen LogP contribution < -0.4 is 0 Å². The normalized spacial score (nSPS) is 8.19. The minimum atomic E-state index is 0. The molecule has 0 saturated heterocycles. The van der Waals surface area contributed by atoms with E-state index >= 15 is 0 Å². The largest absolute Gasteiger partial charge is 0.446 e. The Morgan fingerprint density at radius 2 is 0.871 bits per heavy atom. The molecule has 0 amide bonds. The summed E-state index contributed by atoms with van der Waals surface area (Å²) in [6, 6.07) is 18.1. The van der Waals surface area contributed by atoms with Gasteiger partial charge in [-0.25, -0.2) is 0 Å². The van der Waals surface area contributed by atoms with Crippen molar-refractivity contribution in [2.45, 2.75) is 27.7 Å². The molecule has 0 bridgehead atoms. The first-order valence-electron chi connectivity index (χ1n) is 9.49. The molecule has 0 aliphatic rings. The minimum Gasteiger partial charge on any atom is -0.446 e. The fourth-order valence-electron chi connectivity index (χ4n) is 1.78. The number of ketones is 4. The number of rotatable bonds is 6. The molecule has 0 aliphatic carbocycles. The van der Waals surface area contributed by atoms with Gasteiger partial charge in [0.1, 0.15) is 13.2 Å². The van der Waals surface area contributed by atoms with Gasteiger partial charge in [0, 0.05) is 49.4 Å². The van der Waals surface area contributed by atoms with Crippen LogP contribution in [0.15, 0.2) is 60.7 Å². The molecule has 8 N–H and O–H groups in total.